The maximum atomic E-state index is 5.64. The number of aliphatic imine (C=N–C) groups is 1. The van der Waals surface area contributed by atoms with Gasteiger partial charge < -0.3 is 10.1 Å². The summed E-state index contributed by atoms with van der Waals surface area (Å²) in [6.07, 6.45) is 3.94. The predicted molar refractivity (Wildman–Crippen MR) is 82.3 cm³/mol. The molecule has 0 amide bonds. The molecule has 102 valence electrons. The third-order valence-corrected chi connectivity index (χ3v) is 4.84. The van der Waals surface area contributed by atoms with Crippen LogP contribution in [-0.2, 0) is 0 Å². The minimum absolute atomic E-state index is 0.544. The van der Waals surface area contributed by atoms with Gasteiger partial charge in [0.15, 0.2) is 5.17 Å². The molecule has 3 nitrogen and oxygen atoms in total. The number of para-hydroxylation sites is 2. The van der Waals surface area contributed by atoms with Crippen LogP contribution >= 0.6 is 11.8 Å². The molecule has 0 spiro atoms. The largest absolute Gasteiger partial charge is 0.492 e. The van der Waals surface area contributed by atoms with E-state index < -0.39 is 0 Å². The first-order valence-electron chi connectivity index (χ1n) is 7.06. The molecule has 1 aromatic carbocycles. The Hall–Kier alpha value is -1.16. The Bertz CT molecular complexity index is 475. The summed E-state index contributed by atoms with van der Waals surface area (Å²) in [4.78, 5) is 4.85. The Morgan fingerprint density at radius 1 is 1.37 bits per heavy atom. The van der Waals surface area contributed by atoms with Crippen molar-refractivity contribution < 1.29 is 4.74 Å². The molecule has 0 radical (unpaired) electrons. The second-order valence-electron chi connectivity index (χ2n) is 5.06. The first-order valence-corrected chi connectivity index (χ1v) is 8.05. The predicted octanol–water partition coefficient (Wildman–Crippen LogP) is 3.77. The summed E-state index contributed by atoms with van der Waals surface area (Å²) in [7, 11) is 0. The second-order valence-corrected chi connectivity index (χ2v) is 6.07. The Morgan fingerprint density at radius 3 is 3.16 bits per heavy atom. The van der Waals surface area contributed by atoms with Crippen molar-refractivity contribution >= 4 is 22.6 Å². The van der Waals surface area contributed by atoms with E-state index in [-0.39, 0.29) is 0 Å². The van der Waals surface area contributed by atoms with Crippen molar-refractivity contribution in [1.29, 1.82) is 0 Å². The molecule has 0 saturated heterocycles. The number of rotatable bonds is 3. The van der Waals surface area contributed by atoms with Gasteiger partial charge in [0.1, 0.15) is 5.75 Å². The number of nitrogens with one attached hydrogen (secondary N) is 1. The molecule has 0 aromatic heterocycles. The van der Waals surface area contributed by atoms with Crippen molar-refractivity contribution in [1.82, 2.24) is 0 Å². The van der Waals surface area contributed by atoms with Crippen LogP contribution in [0.15, 0.2) is 29.3 Å². The minimum Gasteiger partial charge on any atom is -0.492 e. The molecule has 0 bridgehead atoms. The SMILES string of the molecule is CCOc1ccccc1NC1=NC2CCCC2CS1. The quantitative estimate of drug-likeness (QED) is 0.912. The van der Waals surface area contributed by atoms with Gasteiger partial charge in [-0.1, -0.05) is 30.3 Å². The van der Waals surface area contributed by atoms with Crippen LogP contribution in [0, 0.1) is 5.92 Å². The monoisotopic (exact) mass is 276 g/mol. The maximum Gasteiger partial charge on any atom is 0.161 e. The van der Waals surface area contributed by atoms with Crippen LogP contribution in [0.25, 0.3) is 0 Å². The van der Waals surface area contributed by atoms with Gasteiger partial charge in [-0.05, 0) is 37.8 Å². The van der Waals surface area contributed by atoms with Crippen LogP contribution in [0.1, 0.15) is 26.2 Å². The molecule has 2 unspecified atom stereocenters. The van der Waals surface area contributed by atoms with Crippen LogP contribution in [0.4, 0.5) is 5.69 Å². The van der Waals surface area contributed by atoms with Gasteiger partial charge in [0.2, 0.25) is 0 Å². The fraction of sp³-hybridized carbons (Fsp3) is 0.533. The normalized spacial score (nSPS) is 25.6. The Labute approximate surface area is 118 Å². The highest BCUT2D eigenvalue weighted by molar-refractivity contribution is 8.14. The highest BCUT2D eigenvalue weighted by Crippen LogP contribution is 2.36. The first-order chi connectivity index (χ1) is 9.36. The summed E-state index contributed by atoms with van der Waals surface area (Å²) >= 11 is 1.84. The lowest BCUT2D eigenvalue weighted by Gasteiger charge is -2.24. The average Bonchev–Trinajstić information content (AvgIpc) is 2.89. The van der Waals surface area contributed by atoms with Gasteiger partial charge in [0, 0.05) is 5.75 Å². The number of hydrogen-bond donors (Lipinski definition) is 1. The molecule has 1 aliphatic heterocycles. The Morgan fingerprint density at radius 2 is 2.26 bits per heavy atom. The molecule has 19 heavy (non-hydrogen) atoms. The third kappa shape index (κ3) is 2.89. The van der Waals surface area contributed by atoms with E-state index in [9.17, 15) is 0 Å². The Balaban J connectivity index is 1.74. The molecular weight excluding hydrogens is 256 g/mol. The number of hydrogen-bond acceptors (Lipinski definition) is 4. The van der Waals surface area contributed by atoms with Gasteiger partial charge in [-0.3, -0.25) is 4.99 Å². The number of amidine groups is 1. The van der Waals surface area contributed by atoms with E-state index in [1.54, 1.807) is 0 Å². The smallest absolute Gasteiger partial charge is 0.161 e. The number of thioether (sulfide) groups is 1. The summed E-state index contributed by atoms with van der Waals surface area (Å²) in [5, 5.41) is 4.49. The fourth-order valence-electron chi connectivity index (χ4n) is 2.79. The number of anilines is 1. The van der Waals surface area contributed by atoms with E-state index in [0.29, 0.717) is 12.6 Å². The highest BCUT2D eigenvalue weighted by atomic mass is 32.2. The zero-order chi connectivity index (χ0) is 13.1. The van der Waals surface area contributed by atoms with Gasteiger partial charge in [0.05, 0.1) is 18.3 Å². The van der Waals surface area contributed by atoms with Gasteiger partial charge >= 0.3 is 0 Å². The first kappa shape index (κ1) is 12.9. The summed E-state index contributed by atoms with van der Waals surface area (Å²) < 4.78 is 5.64. The molecule has 2 atom stereocenters. The lowest BCUT2D eigenvalue weighted by Crippen LogP contribution is -2.25. The topological polar surface area (TPSA) is 33.6 Å². The molecule has 1 aliphatic carbocycles. The number of fused-ring (bicyclic) bond motifs is 1. The van der Waals surface area contributed by atoms with Crippen molar-refractivity contribution in [3.8, 4) is 5.75 Å². The summed E-state index contributed by atoms with van der Waals surface area (Å²) in [5.74, 6) is 2.91. The van der Waals surface area contributed by atoms with Gasteiger partial charge in [-0.25, -0.2) is 0 Å². The molecule has 1 saturated carbocycles. The van der Waals surface area contributed by atoms with Crippen LogP contribution < -0.4 is 10.1 Å². The molecule has 1 fully saturated rings. The van der Waals surface area contributed by atoms with E-state index in [2.05, 4.69) is 11.4 Å². The fourth-order valence-corrected chi connectivity index (χ4v) is 3.94. The molecule has 1 heterocycles. The van der Waals surface area contributed by atoms with E-state index >= 15 is 0 Å². The maximum absolute atomic E-state index is 5.64. The summed E-state index contributed by atoms with van der Waals surface area (Å²) in [6.45, 7) is 2.69. The van der Waals surface area contributed by atoms with Crippen molar-refractivity contribution in [3.05, 3.63) is 24.3 Å². The van der Waals surface area contributed by atoms with Crippen molar-refractivity contribution in [2.75, 3.05) is 17.7 Å². The summed E-state index contributed by atoms with van der Waals surface area (Å²) in [5.41, 5.74) is 1.02. The zero-order valence-corrected chi connectivity index (χ0v) is 12.1. The van der Waals surface area contributed by atoms with E-state index in [1.807, 2.05) is 36.9 Å². The van der Waals surface area contributed by atoms with Crippen molar-refractivity contribution in [2.24, 2.45) is 10.9 Å². The van der Waals surface area contributed by atoms with Crippen LogP contribution in [-0.4, -0.2) is 23.6 Å². The van der Waals surface area contributed by atoms with Crippen LogP contribution in [0.5, 0.6) is 5.75 Å². The van der Waals surface area contributed by atoms with Gasteiger partial charge in [-0.15, -0.1) is 0 Å². The van der Waals surface area contributed by atoms with E-state index in [0.717, 1.165) is 22.5 Å². The molecule has 1 N–H and O–H groups in total. The molecular formula is C15H20N2OS. The van der Waals surface area contributed by atoms with Crippen LogP contribution in [0.2, 0.25) is 0 Å². The second kappa shape index (κ2) is 5.87. The zero-order valence-electron chi connectivity index (χ0n) is 11.3. The minimum atomic E-state index is 0.544. The van der Waals surface area contributed by atoms with Gasteiger partial charge in [0.25, 0.3) is 0 Å². The number of benzene rings is 1. The lowest BCUT2D eigenvalue weighted by atomic mass is 10.1. The Kier molecular flexibility index (Phi) is 3.97. The standard InChI is InChI=1S/C15H20N2OS/c1-2-18-14-9-4-3-7-13(14)17-15-16-12-8-5-6-11(12)10-19-15/h3-4,7,9,11-12H,2,5-6,8,10H2,1H3,(H,16,17). The van der Waals surface area contributed by atoms with Crippen molar-refractivity contribution in [2.45, 2.75) is 32.2 Å². The van der Waals surface area contributed by atoms with E-state index in [4.69, 9.17) is 9.73 Å². The highest BCUT2D eigenvalue weighted by Gasteiger charge is 2.31. The molecule has 4 heteroatoms. The number of nitrogens with zero attached hydrogens (tertiary/aromatic N) is 1. The van der Waals surface area contributed by atoms with Crippen LogP contribution in [0.3, 0.4) is 0 Å². The molecule has 2 aliphatic rings. The summed E-state index contributed by atoms with van der Waals surface area (Å²) in [6, 6.07) is 8.62. The van der Waals surface area contributed by atoms with E-state index in [1.165, 1.54) is 25.0 Å². The third-order valence-electron chi connectivity index (χ3n) is 3.76. The number of ether oxygens (including phenoxy) is 1. The van der Waals surface area contributed by atoms with Gasteiger partial charge in [-0.2, -0.15) is 0 Å². The average molecular weight is 276 g/mol. The van der Waals surface area contributed by atoms with Crippen molar-refractivity contribution in [3.63, 3.8) is 0 Å². The lowest BCUT2D eigenvalue weighted by molar-refractivity contribution is 0.342. The molecule has 3 rings (SSSR count). The molecule has 1 aromatic rings.